The van der Waals surface area contributed by atoms with E-state index in [1.807, 2.05) is 13.1 Å². The molecule has 2 rings (SSSR count). The van der Waals surface area contributed by atoms with Crippen molar-refractivity contribution in [2.24, 2.45) is 0 Å². The van der Waals surface area contributed by atoms with Gasteiger partial charge in [0.15, 0.2) is 5.16 Å². The van der Waals surface area contributed by atoms with Crippen LogP contribution in [0.5, 0.6) is 0 Å². The van der Waals surface area contributed by atoms with Crippen LogP contribution in [0.15, 0.2) is 11.4 Å². The van der Waals surface area contributed by atoms with Crippen LogP contribution in [0.4, 0.5) is 0 Å². The molecule has 1 heterocycles. The van der Waals surface area contributed by atoms with E-state index in [-0.39, 0.29) is 11.3 Å². The lowest BCUT2D eigenvalue weighted by atomic mass is 10.3. The van der Waals surface area contributed by atoms with E-state index in [1.165, 1.54) is 11.8 Å². The summed E-state index contributed by atoms with van der Waals surface area (Å²) >= 11 is 1.30. The van der Waals surface area contributed by atoms with Crippen LogP contribution in [0.1, 0.15) is 25.5 Å². The summed E-state index contributed by atoms with van der Waals surface area (Å²) in [5.74, 6) is -0.722. The molecule has 4 nitrogen and oxygen atoms in total. The summed E-state index contributed by atoms with van der Waals surface area (Å²) in [5, 5.41) is 9.46. The molecule has 1 N–H and O–H groups in total. The van der Waals surface area contributed by atoms with E-state index >= 15 is 0 Å². The van der Waals surface area contributed by atoms with E-state index in [2.05, 4.69) is 16.5 Å². The lowest BCUT2D eigenvalue weighted by molar-refractivity contribution is -0.133. The first-order chi connectivity index (χ1) is 7.01. The van der Waals surface area contributed by atoms with Gasteiger partial charge in [-0.3, -0.25) is 4.79 Å². The van der Waals surface area contributed by atoms with Gasteiger partial charge in [0, 0.05) is 11.7 Å². The van der Waals surface area contributed by atoms with Gasteiger partial charge < -0.3 is 9.67 Å². The van der Waals surface area contributed by atoms with Crippen LogP contribution in [-0.4, -0.2) is 26.4 Å². The predicted molar refractivity (Wildman–Crippen MR) is 58.2 cm³/mol. The maximum atomic E-state index is 10.5. The monoisotopic (exact) mass is 226 g/mol. The van der Waals surface area contributed by atoms with Crippen molar-refractivity contribution in [3.8, 4) is 0 Å². The first-order valence-electron chi connectivity index (χ1n) is 4.92. The highest BCUT2D eigenvalue weighted by molar-refractivity contribution is 7.99. The number of imidazole rings is 1. The Morgan fingerprint density at radius 2 is 2.40 bits per heavy atom. The van der Waals surface area contributed by atoms with Crippen LogP contribution >= 0.6 is 11.8 Å². The third kappa shape index (κ3) is 2.17. The second-order valence-electron chi connectivity index (χ2n) is 4.21. The number of aryl methyl sites for hydroxylation is 1. The first kappa shape index (κ1) is 10.5. The lowest BCUT2D eigenvalue weighted by Gasteiger charge is -2.13. The normalized spacial score (nSPS) is 17.7. The van der Waals surface area contributed by atoms with Crippen molar-refractivity contribution in [2.45, 2.75) is 37.4 Å². The van der Waals surface area contributed by atoms with Crippen LogP contribution < -0.4 is 0 Å². The fraction of sp³-hybridized carbons (Fsp3) is 0.600. The summed E-state index contributed by atoms with van der Waals surface area (Å²) in [7, 11) is 0. The Morgan fingerprint density at radius 1 is 1.73 bits per heavy atom. The van der Waals surface area contributed by atoms with Crippen molar-refractivity contribution >= 4 is 17.7 Å². The van der Waals surface area contributed by atoms with Gasteiger partial charge in [0.05, 0.1) is 11.4 Å². The minimum atomic E-state index is -0.798. The highest BCUT2D eigenvalue weighted by atomic mass is 32.2. The minimum Gasteiger partial charge on any atom is -0.481 e. The van der Waals surface area contributed by atoms with Crippen molar-refractivity contribution in [2.75, 3.05) is 5.75 Å². The molecule has 0 aromatic carbocycles. The van der Waals surface area contributed by atoms with E-state index in [0.29, 0.717) is 0 Å². The Balaban J connectivity index is 2.18. The zero-order chi connectivity index (χ0) is 11.1. The van der Waals surface area contributed by atoms with E-state index in [4.69, 9.17) is 5.11 Å². The standard InChI is InChI=1S/C10H14N2O2S/c1-7-5-12(10(2)3-4-10)9(11-7)15-6-8(13)14/h5H,3-4,6H2,1-2H3,(H,13,14). The molecular weight excluding hydrogens is 212 g/mol. The van der Waals surface area contributed by atoms with Gasteiger partial charge in [-0.15, -0.1) is 0 Å². The van der Waals surface area contributed by atoms with Crippen LogP contribution in [0.3, 0.4) is 0 Å². The number of aliphatic carboxylic acids is 1. The molecule has 0 amide bonds. The van der Waals surface area contributed by atoms with Crippen LogP contribution in [-0.2, 0) is 10.3 Å². The fourth-order valence-corrected chi connectivity index (χ4v) is 2.39. The van der Waals surface area contributed by atoms with Gasteiger partial charge in [0.25, 0.3) is 0 Å². The van der Waals surface area contributed by atoms with Crippen LogP contribution in [0, 0.1) is 6.92 Å². The van der Waals surface area contributed by atoms with Crippen molar-refractivity contribution in [3.63, 3.8) is 0 Å². The highest BCUT2D eigenvalue weighted by Crippen LogP contribution is 2.45. The Kier molecular flexibility index (Phi) is 2.50. The SMILES string of the molecule is Cc1cn(C2(C)CC2)c(SCC(=O)O)n1. The summed E-state index contributed by atoms with van der Waals surface area (Å²) in [6, 6.07) is 0. The van der Waals surface area contributed by atoms with Crippen molar-refractivity contribution in [1.82, 2.24) is 9.55 Å². The molecule has 1 aliphatic rings. The number of carbonyl (C=O) groups is 1. The number of aromatic nitrogens is 2. The van der Waals surface area contributed by atoms with Crippen LogP contribution in [0.2, 0.25) is 0 Å². The number of carboxylic acids is 1. The largest absolute Gasteiger partial charge is 0.481 e. The van der Waals surface area contributed by atoms with Gasteiger partial charge >= 0.3 is 5.97 Å². The third-order valence-electron chi connectivity index (χ3n) is 2.67. The topological polar surface area (TPSA) is 55.1 Å². The molecule has 1 saturated carbocycles. The maximum Gasteiger partial charge on any atom is 0.313 e. The molecule has 0 saturated heterocycles. The Bertz CT molecular complexity index is 396. The molecule has 0 unspecified atom stereocenters. The van der Waals surface area contributed by atoms with Crippen molar-refractivity contribution < 1.29 is 9.90 Å². The lowest BCUT2D eigenvalue weighted by Crippen LogP contribution is -2.13. The summed E-state index contributed by atoms with van der Waals surface area (Å²) in [6.45, 7) is 4.12. The molecule has 1 aliphatic carbocycles. The average molecular weight is 226 g/mol. The smallest absolute Gasteiger partial charge is 0.313 e. The van der Waals surface area contributed by atoms with E-state index in [9.17, 15) is 4.79 Å². The Hall–Kier alpha value is -0.970. The molecule has 0 atom stereocenters. The number of rotatable bonds is 4. The number of hydrogen-bond donors (Lipinski definition) is 1. The second kappa shape index (κ2) is 3.56. The second-order valence-corrected chi connectivity index (χ2v) is 5.16. The number of nitrogens with zero attached hydrogens (tertiary/aromatic N) is 2. The highest BCUT2D eigenvalue weighted by Gasteiger charge is 2.40. The Labute approximate surface area is 92.7 Å². The number of carboxylic acid groups (broad SMARTS) is 1. The summed E-state index contributed by atoms with van der Waals surface area (Å²) < 4.78 is 2.12. The fourth-order valence-electron chi connectivity index (χ4n) is 1.51. The summed E-state index contributed by atoms with van der Waals surface area (Å²) in [5.41, 5.74) is 1.14. The van der Waals surface area contributed by atoms with Gasteiger partial charge in [-0.05, 0) is 26.7 Å². The third-order valence-corrected chi connectivity index (χ3v) is 3.61. The molecule has 0 aliphatic heterocycles. The molecular formula is C10H14N2O2S. The quantitative estimate of drug-likeness (QED) is 0.796. The molecule has 15 heavy (non-hydrogen) atoms. The molecule has 0 spiro atoms. The maximum absolute atomic E-state index is 10.5. The summed E-state index contributed by atoms with van der Waals surface area (Å²) in [6.07, 6.45) is 4.32. The molecule has 5 heteroatoms. The minimum absolute atomic E-state index is 0.0759. The van der Waals surface area contributed by atoms with E-state index in [0.717, 1.165) is 23.7 Å². The van der Waals surface area contributed by atoms with Crippen molar-refractivity contribution in [1.29, 1.82) is 0 Å². The molecule has 1 aromatic rings. The Morgan fingerprint density at radius 3 is 2.93 bits per heavy atom. The number of hydrogen-bond acceptors (Lipinski definition) is 3. The van der Waals surface area contributed by atoms with Crippen LogP contribution in [0.25, 0.3) is 0 Å². The van der Waals surface area contributed by atoms with Gasteiger partial charge in [0.2, 0.25) is 0 Å². The molecule has 82 valence electrons. The van der Waals surface area contributed by atoms with Gasteiger partial charge in [-0.2, -0.15) is 0 Å². The molecule has 0 radical (unpaired) electrons. The summed E-state index contributed by atoms with van der Waals surface area (Å²) in [4.78, 5) is 14.8. The zero-order valence-electron chi connectivity index (χ0n) is 8.86. The number of thioether (sulfide) groups is 1. The van der Waals surface area contributed by atoms with Gasteiger partial charge in [-0.1, -0.05) is 11.8 Å². The molecule has 1 aromatic heterocycles. The van der Waals surface area contributed by atoms with Crippen molar-refractivity contribution in [3.05, 3.63) is 11.9 Å². The molecule has 1 fully saturated rings. The van der Waals surface area contributed by atoms with Gasteiger partial charge in [-0.25, -0.2) is 4.98 Å². The first-order valence-corrected chi connectivity index (χ1v) is 5.91. The average Bonchev–Trinajstić information content (AvgIpc) is 2.76. The van der Waals surface area contributed by atoms with E-state index in [1.54, 1.807) is 0 Å². The predicted octanol–water partition coefficient (Wildman–Crippen LogP) is 1.88. The molecule has 0 bridgehead atoms. The zero-order valence-corrected chi connectivity index (χ0v) is 9.67. The van der Waals surface area contributed by atoms with E-state index < -0.39 is 5.97 Å². The van der Waals surface area contributed by atoms with Gasteiger partial charge in [0.1, 0.15) is 0 Å².